The van der Waals surface area contributed by atoms with Gasteiger partial charge >= 0.3 is 0 Å². The largest absolute Gasteiger partial charge is 0.384 e. The van der Waals surface area contributed by atoms with Gasteiger partial charge < -0.3 is 15.2 Å². The molecule has 0 saturated carbocycles. The second-order valence-electron chi connectivity index (χ2n) is 4.19. The quantitative estimate of drug-likeness (QED) is 0.799. The topological polar surface area (TPSA) is 58.6 Å². The van der Waals surface area contributed by atoms with Gasteiger partial charge in [0, 0.05) is 18.2 Å². The van der Waals surface area contributed by atoms with Crippen molar-refractivity contribution in [1.29, 1.82) is 0 Å². The first-order valence-electron chi connectivity index (χ1n) is 6.36. The minimum Gasteiger partial charge on any atom is -0.384 e. The van der Waals surface area contributed by atoms with Gasteiger partial charge in [-0.15, -0.1) is 0 Å². The van der Waals surface area contributed by atoms with Gasteiger partial charge in [0.2, 0.25) is 0 Å². The Balaban J connectivity index is 2.72. The van der Waals surface area contributed by atoms with Crippen molar-refractivity contribution in [2.45, 2.75) is 19.9 Å². The molecule has 1 aromatic carbocycles. The zero-order chi connectivity index (χ0) is 15.0. The number of rotatable bonds is 5. The summed E-state index contributed by atoms with van der Waals surface area (Å²) in [7, 11) is 0. The third kappa shape index (κ3) is 5.00. The molecule has 0 bridgehead atoms. The lowest BCUT2D eigenvalue weighted by Crippen LogP contribution is -2.35. The SMILES string of the molecule is CCOCC(C)NC(=O)c1ccc(C#CCO)c(F)c1. The molecule has 0 aromatic heterocycles. The van der Waals surface area contributed by atoms with Crippen LogP contribution in [0.1, 0.15) is 29.8 Å². The van der Waals surface area contributed by atoms with Crippen LogP contribution in [0.2, 0.25) is 0 Å². The summed E-state index contributed by atoms with van der Waals surface area (Å²) >= 11 is 0. The molecule has 0 aliphatic rings. The van der Waals surface area contributed by atoms with Crippen molar-refractivity contribution in [2.75, 3.05) is 19.8 Å². The van der Waals surface area contributed by atoms with Crippen molar-refractivity contribution in [3.05, 3.63) is 35.1 Å². The maximum atomic E-state index is 13.7. The lowest BCUT2D eigenvalue weighted by Gasteiger charge is -2.13. The number of ether oxygens (including phenoxy) is 1. The van der Waals surface area contributed by atoms with Crippen LogP contribution in [-0.4, -0.2) is 36.9 Å². The first kappa shape index (κ1) is 16.2. The number of halogens is 1. The molecule has 0 aliphatic heterocycles. The summed E-state index contributed by atoms with van der Waals surface area (Å²) in [4.78, 5) is 11.9. The molecule has 20 heavy (non-hydrogen) atoms. The Hall–Kier alpha value is -1.90. The summed E-state index contributed by atoms with van der Waals surface area (Å²) in [6.45, 7) is 4.33. The van der Waals surface area contributed by atoms with Gasteiger partial charge in [0.1, 0.15) is 12.4 Å². The van der Waals surface area contributed by atoms with Gasteiger partial charge in [-0.1, -0.05) is 11.8 Å². The molecule has 5 heteroatoms. The van der Waals surface area contributed by atoms with Crippen LogP contribution in [0.25, 0.3) is 0 Å². The summed E-state index contributed by atoms with van der Waals surface area (Å²) in [5.74, 6) is 3.88. The van der Waals surface area contributed by atoms with Crippen LogP contribution in [0, 0.1) is 17.7 Å². The van der Waals surface area contributed by atoms with E-state index in [0.717, 1.165) is 6.07 Å². The van der Waals surface area contributed by atoms with Gasteiger partial charge in [-0.3, -0.25) is 4.79 Å². The molecule has 0 spiro atoms. The number of nitrogens with one attached hydrogen (secondary N) is 1. The highest BCUT2D eigenvalue weighted by Gasteiger charge is 2.11. The number of amides is 1. The van der Waals surface area contributed by atoms with E-state index in [4.69, 9.17) is 9.84 Å². The minimum atomic E-state index is -0.587. The van der Waals surface area contributed by atoms with Gasteiger partial charge in [-0.25, -0.2) is 4.39 Å². The molecule has 4 nitrogen and oxygen atoms in total. The van der Waals surface area contributed by atoms with E-state index in [2.05, 4.69) is 17.2 Å². The number of benzene rings is 1. The van der Waals surface area contributed by atoms with Crippen LogP contribution in [0.4, 0.5) is 4.39 Å². The second-order valence-corrected chi connectivity index (χ2v) is 4.19. The number of aliphatic hydroxyl groups excluding tert-OH is 1. The zero-order valence-corrected chi connectivity index (χ0v) is 11.6. The normalized spacial score (nSPS) is 11.4. The van der Waals surface area contributed by atoms with Gasteiger partial charge in [0.15, 0.2) is 0 Å². The Morgan fingerprint density at radius 1 is 1.55 bits per heavy atom. The fourth-order valence-electron chi connectivity index (χ4n) is 1.54. The molecule has 0 aliphatic carbocycles. The average Bonchev–Trinajstić information content (AvgIpc) is 2.43. The minimum absolute atomic E-state index is 0.151. The number of hydrogen-bond donors (Lipinski definition) is 2. The van der Waals surface area contributed by atoms with Crippen molar-refractivity contribution >= 4 is 5.91 Å². The van der Waals surface area contributed by atoms with Crippen LogP contribution < -0.4 is 5.32 Å². The van der Waals surface area contributed by atoms with E-state index < -0.39 is 5.82 Å². The van der Waals surface area contributed by atoms with Gasteiger partial charge in [-0.05, 0) is 32.0 Å². The molecule has 0 heterocycles. The molecule has 1 unspecified atom stereocenters. The Labute approximate surface area is 117 Å². The van der Waals surface area contributed by atoms with Gasteiger partial charge in [-0.2, -0.15) is 0 Å². The fraction of sp³-hybridized carbons (Fsp3) is 0.400. The Bertz CT molecular complexity index is 520. The molecular formula is C15H18FNO3. The maximum absolute atomic E-state index is 13.7. The summed E-state index contributed by atoms with van der Waals surface area (Å²) in [6.07, 6.45) is 0. The van der Waals surface area contributed by atoms with Crippen LogP contribution >= 0.6 is 0 Å². The molecule has 108 valence electrons. The van der Waals surface area contributed by atoms with Crippen molar-refractivity contribution in [1.82, 2.24) is 5.32 Å². The monoisotopic (exact) mass is 279 g/mol. The van der Waals surface area contributed by atoms with Crippen molar-refractivity contribution in [2.24, 2.45) is 0 Å². The predicted molar refractivity (Wildman–Crippen MR) is 73.8 cm³/mol. The standard InChI is InChI=1S/C15H18FNO3/c1-3-20-10-11(2)17-15(19)13-7-6-12(5-4-8-18)14(16)9-13/h6-7,9,11,18H,3,8,10H2,1-2H3,(H,17,19). The third-order valence-corrected chi connectivity index (χ3v) is 2.48. The van der Waals surface area contributed by atoms with E-state index in [1.807, 2.05) is 13.8 Å². The molecule has 1 amide bonds. The molecule has 0 radical (unpaired) electrons. The number of carbonyl (C=O) groups excluding carboxylic acids is 1. The van der Waals surface area contributed by atoms with E-state index in [9.17, 15) is 9.18 Å². The van der Waals surface area contributed by atoms with E-state index in [-0.39, 0.29) is 29.7 Å². The van der Waals surface area contributed by atoms with Crippen LogP contribution in [0.5, 0.6) is 0 Å². The molecule has 1 atom stereocenters. The molecular weight excluding hydrogens is 261 g/mol. The first-order valence-corrected chi connectivity index (χ1v) is 6.36. The number of aliphatic hydroxyl groups is 1. The summed E-state index contributed by atoms with van der Waals surface area (Å²) in [5, 5.41) is 11.3. The van der Waals surface area contributed by atoms with Gasteiger partial charge in [0.05, 0.1) is 12.2 Å². The van der Waals surface area contributed by atoms with Crippen LogP contribution in [-0.2, 0) is 4.74 Å². The third-order valence-electron chi connectivity index (χ3n) is 2.48. The van der Waals surface area contributed by atoms with Gasteiger partial charge in [0.25, 0.3) is 5.91 Å². The van der Waals surface area contributed by atoms with E-state index in [1.54, 1.807) is 0 Å². The molecule has 1 rings (SSSR count). The fourth-order valence-corrected chi connectivity index (χ4v) is 1.54. The predicted octanol–water partition coefficient (Wildman–Crippen LogP) is 1.32. The molecule has 0 saturated heterocycles. The smallest absolute Gasteiger partial charge is 0.251 e. The second kappa shape index (κ2) is 8.31. The highest BCUT2D eigenvalue weighted by molar-refractivity contribution is 5.94. The van der Waals surface area contributed by atoms with E-state index in [1.165, 1.54) is 12.1 Å². The Morgan fingerprint density at radius 3 is 2.90 bits per heavy atom. The Morgan fingerprint density at radius 2 is 2.30 bits per heavy atom. The number of hydrogen-bond acceptors (Lipinski definition) is 3. The zero-order valence-electron chi connectivity index (χ0n) is 11.6. The maximum Gasteiger partial charge on any atom is 0.251 e. The van der Waals surface area contributed by atoms with Crippen LogP contribution in [0.15, 0.2) is 18.2 Å². The highest BCUT2D eigenvalue weighted by Crippen LogP contribution is 2.09. The molecule has 0 fully saturated rings. The summed E-state index contributed by atoms with van der Waals surface area (Å²) in [5.41, 5.74) is 0.373. The van der Waals surface area contributed by atoms with E-state index in [0.29, 0.717) is 13.2 Å². The summed E-state index contributed by atoms with van der Waals surface area (Å²) in [6, 6.07) is 3.89. The highest BCUT2D eigenvalue weighted by atomic mass is 19.1. The number of carbonyl (C=O) groups is 1. The van der Waals surface area contributed by atoms with E-state index >= 15 is 0 Å². The molecule has 2 N–H and O–H groups in total. The van der Waals surface area contributed by atoms with Crippen molar-refractivity contribution in [3.63, 3.8) is 0 Å². The lowest BCUT2D eigenvalue weighted by atomic mass is 10.1. The summed E-state index contributed by atoms with van der Waals surface area (Å²) < 4.78 is 18.9. The Kier molecular flexibility index (Phi) is 6.71. The average molecular weight is 279 g/mol. The van der Waals surface area contributed by atoms with Crippen molar-refractivity contribution < 1.29 is 19.0 Å². The van der Waals surface area contributed by atoms with Crippen LogP contribution in [0.3, 0.4) is 0 Å². The van der Waals surface area contributed by atoms with Crippen molar-refractivity contribution in [3.8, 4) is 11.8 Å². The first-order chi connectivity index (χ1) is 9.58. The lowest BCUT2D eigenvalue weighted by molar-refractivity contribution is 0.0871. The molecule has 1 aromatic rings.